The number of pyridine rings is 1. The number of nitrogens with one attached hydrogen (secondary N) is 1. The van der Waals surface area contributed by atoms with Crippen LogP contribution in [0.15, 0.2) is 48.3 Å². The van der Waals surface area contributed by atoms with Gasteiger partial charge in [-0.1, -0.05) is 12.1 Å². The largest absolute Gasteiger partial charge is 0.495 e. The van der Waals surface area contributed by atoms with Crippen LogP contribution in [0.25, 0.3) is 5.57 Å². The number of nitrogens with zero attached hydrogens (tertiary/aromatic N) is 2. The van der Waals surface area contributed by atoms with E-state index in [1.165, 1.54) is 25.1 Å². The highest BCUT2D eigenvalue weighted by Crippen LogP contribution is 2.48. The van der Waals surface area contributed by atoms with Crippen LogP contribution in [0, 0.1) is 11.3 Å². The quantitative estimate of drug-likeness (QED) is 0.295. The number of aromatic nitrogens is 1. The molecule has 3 atom stereocenters. The normalized spacial score (nSPS) is 19.1. The topological polar surface area (TPSA) is 144 Å². The highest BCUT2D eigenvalue weighted by Gasteiger charge is 2.57. The van der Waals surface area contributed by atoms with Gasteiger partial charge in [0, 0.05) is 6.20 Å². The van der Waals surface area contributed by atoms with Crippen molar-refractivity contribution in [3.8, 4) is 5.75 Å². The van der Waals surface area contributed by atoms with E-state index >= 15 is 0 Å². The molecule has 2 aliphatic heterocycles. The lowest BCUT2D eigenvalue weighted by Crippen LogP contribution is -2.61. The molecule has 1 fully saturated rings. The summed E-state index contributed by atoms with van der Waals surface area (Å²) in [6.45, 7) is 5.93. The Morgan fingerprint density at radius 2 is 1.92 bits per heavy atom. The summed E-state index contributed by atoms with van der Waals surface area (Å²) in [6, 6.07) is 9.51. The van der Waals surface area contributed by atoms with E-state index < -0.39 is 54.0 Å². The maximum atomic E-state index is 13.2. The molecule has 3 heterocycles. The van der Waals surface area contributed by atoms with Crippen molar-refractivity contribution in [1.82, 2.24) is 9.88 Å². The fourth-order valence-corrected chi connectivity index (χ4v) is 4.60. The van der Waals surface area contributed by atoms with E-state index in [0.29, 0.717) is 22.6 Å². The van der Waals surface area contributed by atoms with E-state index in [1.54, 1.807) is 57.2 Å². The molecule has 0 saturated carbocycles. The number of carbonyl (C=O) groups is 4. The van der Waals surface area contributed by atoms with Gasteiger partial charge in [-0.15, -0.1) is 0 Å². The van der Waals surface area contributed by atoms with Gasteiger partial charge >= 0.3 is 11.9 Å². The molecule has 2 aliphatic rings. The Morgan fingerprint density at radius 1 is 1.18 bits per heavy atom. The lowest BCUT2D eigenvalue weighted by molar-refractivity contribution is -0.175. The highest BCUT2D eigenvalue weighted by atomic mass is 16.7. The maximum Gasteiger partial charge on any atom is 0.358 e. The van der Waals surface area contributed by atoms with Gasteiger partial charge in [-0.05, 0) is 69.5 Å². The van der Waals surface area contributed by atoms with Crippen molar-refractivity contribution in [2.24, 2.45) is 11.3 Å². The average Bonchev–Trinajstić information content (AvgIpc) is 3.23. The molecule has 1 aromatic heterocycles. The van der Waals surface area contributed by atoms with E-state index in [1.807, 2.05) is 0 Å². The Hall–Kier alpha value is -4.25. The number of amides is 2. The van der Waals surface area contributed by atoms with Gasteiger partial charge in [0.25, 0.3) is 5.91 Å². The van der Waals surface area contributed by atoms with Gasteiger partial charge in [0.05, 0.1) is 36.3 Å². The molecule has 0 spiro atoms. The second-order valence-corrected chi connectivity index (χ2v) is 10.4. The number of fused-ring (bicyclic) bond motifs is 1. The Bertz CT molecular complexity index is 1330. The monoisotopic (exact) mass is 537 g/mol. The number of aliphatic hydroxyl groups is 1. The van der Waals surface area contributed by atoms with Gasteiger partial charge in [-0.2, -0.15) is 0 Å². The Labute approximate surface area is 225 Å². The number of hydrogen-bond acceptors (Lipinski definition) is 9. The van der Waals surface area contributed by atoms with Crippen LogP contribution in [0.2, 0.25) is 0 Å². The van der Waals surface area contributed by atoms with Gasteiger partial charge in [-0.3, -0.25) is 19.4 Å². The Balaban J connectivity index is 1.62. The minimum Gasteiger partial charge on any atom is -0.495 e. The summed E-state index contributed by atoms with van der Waals surface area (Å²) in [6.07, 6.45) is 0.899. The van der Waals surface area contributed by atoms with Crippen LogP contribution in [0.4, 0.5) is 5.69 Å². The van der Waals surface area contributed by atoms with Crippen LogP contribution in [-0.4, -0.2) is 64.8 Å². The van der Waals surface area contributed by atoms with Gasteiger partial charge in [0.2, 0.25) is 12.7 Å². The van der Waals surface area contributed by atoms with Crippen LogP contribution in [0.5, 0.6) is 5.75 Å². The first-order chi connectivity index (χ1) is 18.4. The second-order valence-electron chi connectivity index (χ2n) is 10.4. The molecule has 0 bridgehead atoms. The number of esters is 2. The standard InChI is InChI=1S/C28H31N3O8/c1-15(32)22-20-13-17(23(31(20)25(22)34)26(35)38-14-39-27(36)28(2,3)4)16-9-10-18(21(12-16)37-5)30-24(33)19-8-6-7-11-29-19/h6-12,15,20,22,32H,13-14H2,1-5H3,(H,30,33)/t15-,20-,22-/m1/s1. The molecule has 206 valence electrons. The number of carbonyl (C=O) groups excluding carboxylic acids is 4. The molecule has 4 rings (SSSR count). The molecule has 0 aliphatic carbocycles. The molecule has 2 N–H and O–H groups in total. The summed E-state index contributed by atoms with van der Waals surface area (Å²) in [5.74, 6) is -2.54. The Morgan fingerprint density at radius 3 is 2.54 bits per heavy atom. The minimum absolute atomic E-state index is 0.0148. The molecule has 0 unspecified atom stereocenters. The number of hydrogen-bond donors (Lipinski definition) is 2. The first-order valence-electron chi connectivity index (χ1n) is 12.4. The summed E-state index contributed by atoms with van der Waals surface area (Å²) in [5.41, 5.74) is 0.914. The maximum absolute atomic E-state index is 13.2. The van der Waals surface area contributed by atoms with Crippen LogP contribution < -0.4 is 10.1 Å². The number of rotatable bonds is 8. The third kappa shape index (κ3) is 5.49. The fraction of sp³-hybridized carbons (Fsp3) is 0.393. The van der Waals surface area contributed by atoms with E-state index in [4.69, 9.17) is 14.2 Å². The van der Waals surface area contributed by atoms with E-state index in [2.05, 4.69) is 10.3 Å². The molecular formula is C28H31N3O8. The van der Waals surface area contributed by atoms with Gasteiger partial charge < -0.3 is 29.5 Å². The number of methoxy groups -OCH3 is 1. The van der Waals surface area contributed by atoms with Crippen molar-refractivity contribution in [3.63, 3.8) is 0 Å². The Kier molecular flexibility index (Phi) is 7.73. The molecule has 2 amide bonds. The molecule has 11 nitrogen and oxygen atoms in total. The summed E-state index contributed by atoms with van der Waals surface area (Å²) in [4.78, 5) is 56.1. The van der Waals surface area contributed by atoms with Crippen molar-refractivity contribution in [2.45, 2.75) is 46.3 Å². The van der Waals surface area contributed by atoms with Crippen LogP contribution in [0.3, 0.4) is 0 Å². The highest BCUT2D eigenvalue weighted by molar-refractivity contribution is 6.07. The second kappa shape index (κ2) is 10.9. The molecule has 1 aromatic carbocycles. The zero-order valence-corrected chi connectivity index (χ0v) is 22.4. The number of β-lactam (4-membered cyclic amide) rings is 1. The van der Waals surface area contributed by atoms with Gasteiger partial charge in [0.15, 0.2) is 0 Å². The van der Waals surface area contributed by atoms with Crippen LogP contribution in [-0.2, 0) is 23.9 Å². The minimum atomic E-state index is -0.901. The van der Waals surface area contributed by atoms with Crippen molar-refractivity contribution in [1.29, 1.82) is 0 Å². The number of ether oxygens (including phenoxy) is 3. The fourth-order valence-electron chi connectivity index (χ4n) is 4.60. The number of aliphatic hydroxyl groups excluding tert-OH is 1. The first-order valence-corrected chi connectivity index (χ1v) is 12.4. The molecule has 0 radical (unpaired) electrons. The molecular weight excluding hydrogens is 506 g/mol. The summed E-state index contributed by atoms with van der Waals surface area (Å²) >= 11 is 0. The third-order valence-electron chi connectivity index (χ3n) is 6.61. The smallest absolute Gasteiger partial charge is 0.358 e. The predicted molar refractivity (Wildman–Crippen MR) is 139 cm³/mol. The van der Waals surface area contributed by atoms with Crippen LogP contribution in [0.1, 0.15) is 50.2 Å². The van der Waals surface area contributed by atoms with Crippen molar-refractivity contribution >= 4 is 35.0 Å². The molecule has 39 heavy (non-hydrogen) atoms. The van der Waals surface area contributed by atoms with Crippen molar-refractivity contribution < 1.29 is 38.5 Å². The predicted octanol–water partition coefficient (Wildman–Crippen LogP) is 2.76. The zero-order chi connectivity index (χ0) is 28.5. The molecule has 1 saturated heterocycles. The number of benzene rings is 1. The van der Waals surface area contributed by atoms with Gasteiger partial charge in [-0.25, -0.2) is 4.79 Å². The molecule has 2 aromatic rings. The van der Waals surface area contributed by atoms with Crippen LogP contribution >= 0.6 is 0 Å². The SMILES string of the molecule is COc1cc(C2=C(C(=O)OCOC(=O)C(C)(C)C)N3C(=O)[C@H]([C@@H](C)O)[C@H]3C2)ccc1NC(=O)c1ccccn1. The number of anilines is 1. The van der Waals surface area contributed by atoms with E-state index in [-0.39, 0.29) is 17.8 Å². The third-order valence-corrected chi connectivity index (χ3v) is 6.61. The summed E-state index contributed by atoms with van der Waals surface area (Å²) in [7, 11) is 1.44. The lowest BCUT2D eigenvalue weighted by Gasteiger charge is -2.44. The lowest BCUT2D eigenvalue weighted by atomic mass is 9.82. The summed E-state index contributed by atoms with van der Waals surface area (Å²) in [5, 5.41) is 12.9. The zero-order valence-electron chi connectivity index (χ0n) is 22.4. The molecule has 11 heteroatoms. The van der Waals surface area contributed by atoms with Crippen molar-refractivity contribution in [3.05, 3.63) is 59.5 Å². The first kappa shape index (κ1) is 27.8. The van der Waals surface area contributed by atoms with E-state index in [0.717, 1.165) is 0 Å². The summed E-state index contributed by atoms with van der Waals surface area (Å²) < 4.78 is 15.8. The van der Waals surface area contributed by atoms with Crippen molar-refractivity contribution in [2.75, 3.05) is 19.2 Å². The van der Waals surface area contributed by atoms with E-state index in [9.17, 15) is 24.3 Å². The van der Waals surface area contributed by atoms with Gasteiger partial charge in [0.1, 0.15) is 17.1 Å². The average molecular weight is 538 g/mol.